The summed E-state index contributed by atoms with van der Waals surface area (Å²) in [7, 11) is 3.79. The van der Waals surface area contributed by atoms with E-state index in [1.165, 1.54) is 24.0 Å². The molecule has 4 rings (SSSR count). The maximum Gasteiger partial charge on any atom is 0.258 e. The van der Waals surface area contributed by atoms with Gasteiger partial charge in [-0.2, -0.15) is 5.10 Å². The normalized spacial score (nSPS) is 11.9. The predicted octanol–water partition coefficient (Wildman–Crippen LogP) is 2.81. The van der Waals surface area contributed by atoms with Gasteiger partial charge in [-0.1, -0.05) is 6.07 Å². The standard InChI is InChI=1S/C23H22FN3O3S.H2O/c1-26-12-20(19-8-15(13-31(4)29)21(24)9-22(19)30-3)18-7-14(5-6-17(18)23(26)28)16-10-25-27(2)11-16;/h5-12H,13H2,1-4H3;1H2. The molecule has 0 bridgehead atoms. The van der Waals surface area contributed by atoms with Crippen molar-refractivity contribution in [2.45, 2.75) is 5.75 Å². The molecule has 2 aromatic carbocycles. The van der Waals surface area contributed by atoms with Crippen LogP contribution in [-0.4, -0.2) is 37.4 Å². The summed E-state index contributed by atoms with van der Waals surface area (Å²) in [6, 6.07) is 8.58. The van der Waals surface area contributed by atoms with Gasteiger partial charge in [-0.3, -0.25) is 13.7 Å². The van der Waals surface area contributed by atoms with Gasteiger partial charge in [0.05, 0.1) is 19.1 Å². The lowest BCUT2D eigenvalue weighted by atomic mass is 9.95. The second kappa shape index (κ2) is 9.05. The Kier molecular flexibility index (Phi) is 6.61. The van der Waals surface area contributed by atoms with Crippen LogP contribution in [0.15, 0.2) is 53.7 Å². The lowest BCUT2D eigenvalue weighted by Gasteiger charge is -2.15. The molecule has 2 N–H and O–H groups in total. The monoisotopic (exact) mass is 457 g/mol. The minimum Gasteiger partial charge on any atom is -0.496 e. The van der Waals surface area contributed by atoms with Crippen molar-refractivity contribution in [2.24, 2.45) is 14.1 Å². The van der Waals surface area contributed by atoms with Crippen molar-refractivity contribution in [2.75, 3.05) is 13.4 Å². The van der Waals surface area contributed by atoms with Crippen LogP contribution in [-0.2, 0) is 30.6 Å². The van der Waals surface area contributed by atoms with Crippen molar-refractivity contribution in [1.82, 2.24) is 14.3 Å². The van der Waals surface area contributed by atoms with E-state index in [4.69, 9.17) is 4.74 Å². The molecule has 0 radical (unpaired) electrons. The van der Waals surface area contributed by atoms with Crippen LogP contribution in [0, 0.1) is 5.82 Å². The fraction of sp³-hybridized carbons (Fsp3) is 0.217. The minimum absolute atomic E-state index is 0. The number of methoxy groups -OCH3 is 1. The maximum absolute atomic E-state index is 14.6. The molecule has 0 aliphatic heterocycles. The minimum atomic E-state index is -1.21. The van der Waals surface area contributed by atoms with Crippen LogP contribution in [0.5, 0.6) is 5.75 Å². The van der Waals surface area contributed by atoms with E-state index in [-0.39, 0.29) is 16.8 Å². The highest BCUT2D eigenvalue weighted by atomic mass is 32.2. The van der Waals surface area contributed by atoms with E-state index in [0.717, 1.165) is 22.1 Å². The molecule has 168 valence electrons. The SMILES string of the molecule is COc1cc(F)c(CS(C)=O)cc1-c1cn(C)c(=O)c2ccc(-c3cnn(C)c3)cc12.O. The number of ether oxygens (including phenoxy) is 1. The zero-order chi connectivity index (χ0) is 22.3. The predicted molar refractivity (Wildman–Crippen MR) is 125 cm³/mol. The van der Waals surface area contributed by atoms with Gasteiger partial charge in [0.1, 0.15) is 11.6 Å². The Labute approximate surface area is 186 Å². The summed E-state index contributed by atoms with van der Waals surface area (Å²) in [4.78, 5) is 12.8. The summed E-state index contributed by atoms with van der Waals surface area (Å²) in [6.45, 7) is 0. The van der Waals surface area contributed by atoms with Gasteiger partial charge in [-0.15, -0.1) is 0 Å². The first-order valence-corrected chi connectivity index (χ1v) is 11.3. The number of nitrogens with zero attached hydrogens (tertiary/aromatic N) is 3. The number of aryl methyl sites for hydroxylation is 2. The van der Waals surface area contributed by atoms with Crippen molar-refractivity contribution in [3.05, 3.63) is 70.7 Å². The number of rotatable bonds is 5. The maximum atomic E-state index is 14.6. The largest absolute Gasteiger partial charge is 0.496 e. The molecule has 1 unspecified atom stereocenters. The van der Waals surface area contributed by atoms with Gasteiger partial charge < -0.3 is 14.8 Å². The molecule has 2 heterocycles. The molecular weight excluding hydrogens is 433 g/mol. The first kappa shape index (κ1) is 23.4. The quantitative estimate of drug-likeness (QED) is 0.460. The smallest absolute Gasteiger partial charge is 0.258 e. The van der Waals surface area contributed by atoms with E-state index in [2.05, 4.69) is 5.10 Å². The lowest BCUT2D eigenvalue weighted by Crippen LogP contribution is -2.16. The van der Waals surface area contributed by atoms with E-state index in [0.29, 0.717) is 22.3 Å². The number of fused-ring (bicyclic) bond motifs is 1. The van der Waals surface area contributed by atoms with E-state index in [1.807, 2.05) is 25.4 Å². The van der Waals surface area contributed by atoms with Crippen LogP contribution in [0.4, 0.5) is 4.39 Å². The molecule has 0 aliphatic carbocycles. The third-order valence-electron chi connectivity index (χ3n) is 5.24. The number of halogens is 1. The van der Waals surface area contributed by atoms with Crippen molar-refractivity contribution in [3.8, 4) is 28.0 Å². The van der Waals surface area contributed by atoms with Crippen molar-refractivity contribution < 1.29 is 18.8 Å². The van der Waals surface area contributed by atoms with Crippen molar-refractivity contribution in [1.29, 1.82) is 0 Å². The Hall–Kier alpha value is -3.30. The summed E-state index contributed by atoms with van der Waals surface area (Å²) in [5, 5.41) is 5.48. The zero-order valence-corrected chi connectivity index (χ0v) is 19.0. The van der Waals surface area contributed by atoms with E-state index < -0.39 is 16.6 Å². The lowest BCUT2D eigenvalue weighted by molar-refractivity contribution is 0.412. The van der Waals surface area contributed by atoms with Crippen molar-refractivity contribution in [3.63, 3.8) is 0 Å². The van der Waals surface area contributed by atoms with Gasteiger partial charge in [-0.25, -0.2) is 4.39 Å². The van der Waals surface area contributed by atoms with E-state index in [1.54, 1.807) is 36.3 Å². The summed E-state index contributed by atoms with van der Waals surface area (Å²) in [6.07, 6.45) is 6.91. The van der Waals surface area contributed by atoms with Crippen LogP contribution >= 0.6 is 0 Å². The van der Waals surface area contributed by atoms with Crippen LogP contribution < -0.4 is 10.3 Å². The van der Waals surface area contributed by atoms with Gasteiger partial charge in [-0.05, 0) is 29.1 Å². The molecule has 0 aliphatic rings. The Morgan fingerprint density at radius 2 is 1.81 bits per heavy atom. The third kappa shape index (κ3) is 4.21. The highest BCUT2D eigenvalue weighted by molar-refractivity contribution is 7.83. The first-order chi connectivity index (χ1) is 14.8. The molecular formula is C23H24FN3O4S. The highest BCUT2D eigenvalue weighted by Gasteiger charge is 2.18. The van der Waals surface area contributed by atoms with Crippen LogP contribution in [0.2, 0.25) is 0 Å². The third-order valence-corrected chi connectivity index (χ3v) is 5.96. The summed E-state index contributed by atoms with van der Waals surface area (Å²) in [5.41, 5.74) is 3.39. The molecule has 0 spiro atoms. The van der Waals surface area contributed by atoms with E-state index in [9.17, 15) is 13.4 Å². The summed E-state index contributed by atoms with van der Waals surface area (Å²) < 4.78 is 35.0. The molecule has 0 saturated heterocycles. The average Bonchev–Trinajstić information content (AvgIpc) is 3.17. The molecule has 9 heteroatoms. The topological polar surface area (TPSA) is 97.6 Å². The van der Waals surface area contributed by atoms with Crippen molar-refractivity contribution >= 4 is 21.6 Å². The Balaban J connectivity index is 0.00000289. The fourth-order valence-corrected chi connectivity index (χ4v) is 4.40. The molecule has 7 nitrogen and oxygen atoms in total. The number of aromatic nitrogens is 3. The number of benzene rings is 2. The summed E-state index contributed by atoms with van der Waals surface area (Å²) in [5.74, 6) is -0.0381. The second-order valence-corrected chi connectivity index (χ2v) is 8.92. The number of hydrogen-bond donors (Lipinski definition) is 0. The average molecular weight is 458 g/mol. The van der Waals surface area contributed by atoms with Gasteiger partial charge in [0, 0.05) is 77.3 Å². The van der Waals surface area contributed by atoms with Gasteiger partial charge in [0.2, 0.25) is 0 Å². The van der Waals surface area contributed by atoms with Gasteiger partial charge >= 0.3 is 0 Å². The molecule has 0 saturated carbocycles. The molecule has 0 fully saturated rings. The molecule has 2 aromatic heterocycles. The first-order valence-electron chi connectivity index (χ1n) is 9.57. The van der Waals surface area contributed by atoms with Crippen LogP contribution in [0.1, 0.15) is 5.56 Å². The van der Waals surface area contributed by atoms with E-state index >= 15 is 0 Å². The molecule has 4 aromatic rings. The Morgan fingerprint density at radius 3 is 2.44 bits per heavy atom. The number of pyridine rings is 1. The Bertz CT molecular complexity index is 1390. The van der Waals surface area contributed by atoms with Gasteiger partial charge in [0.15, 0.2) is 0 Å². The van der Waals surface area contributed by atoms with Gasteiger partial charge in [0.25, 0.3) is 5.56 Å². The second-order valence-electron chi connectivity index (χ2n) is 7.48. The van der Waals surface area contributed by atoms with Crippen LogP contribution in [0.3, 0.4) is 0 Å². The molecule has 0 amide bonds. The summed E-state index contributed by atoms with van der Waals surface area (Å²) >= 11 is 0. The highest BCUT2D eigenvalue weighted by Crippen LogP contribution is 2.37. The Morgan fingerprint density at radius 1 is 1.06 bits per heavy atom. The fourth-order valence-electron chi connectivity index (χ4n) is 3.74. The number of hydrogen-bond acceptors (Lipinski definition) is 4. The van der Waals surface area contributed by atoms with Crippen LogP contribution in [0.25, 0.3) is 33.0 Å². The zero-order valence-electron chi connectivity index (χ0n) is 18.2. The molecule has 1 atom stereocenters. The molecule has 32 heavy (non-hydrogen) atoms.